The van der Waals surface area contributed by atoms with E-state index < -0.39 is 0 Å². The average molecular weight is 359 g/mol. The van der Waals surface area contributed by atoms with Gasteiger partial charge in [0.25, 0.3) is 0 Å². The van der Waals surface area contributed by atoms with Crippen molar-refractivity contribution in [2.75, 3.05) is 0 Å². The van der Waals surface area contributed by atoms with Crippen LogP contribution >= 0.6 is 0 Å². The monoisotopic (exact) mass is 358 g/mol. The first-order valence-corrected chi connectivity index (χ1v) is 10.3. The number of amides is 1. The molecule has 0 spiro atoms. The van der Waals surface area contributed by atoms with Gasteiger partial charge in [0, 0.05) is 12.6 Å². The van der Waals surface area contributed by atoms with Crippen molar-refractivity contribution >= 4 is 5.91 Å². The lowest BCUT2D eigenvalue weighted by atomic mass is 9.78. The van der Waals surface area contributed by atoms with Crippen LogP contribution in [0.15, 0.2) is 18.2 Å². The van der Waals surface area contributed by atoms with Gasteiger partial charge in [-0.25, -0.2) is 0 Å². The van der Waals surface area contributed by atoms with E-state index in [0.717, 1.165) is 29.4 Å². The van der Waals surface area contributed by atoms with Crippen LogP contribution < -0.4 is 10.6 Å². The molecule has 1 aliphatic heterocycles. The second-order valence-corrected chi connectivity index (χ2v) is 8.81. The average Bonchev–Trinajstić information content (AvgIpc) is 2.62. The van der Waals surface area contributed by atoms with Crippen LogP contribution in [-0.4, -0.2) is 23.1 Å². The molecule has 0 radical (unpaired) electrons. The van der Waals surface area contributed by atoms with Crippen LogP contribution in [0.25, 0.3) is 0 Å². The van der Waals surface area contributed by atoms with Crippen LogP contribution in [0, 0.1) is 17.8 Å². The summed E-state index contributed by atoms with van der Waals surface area (Å²) >= 11 is 0. The molecule has 1 heterocycles. The second kappa shape index (κ2) is 8.43. The lowest BCUT2D eigenvalue weighted by Crippen LogP contribution is -2.52. The van der Waals surface area contributed by atoms with Crippen LogP contribution in [0.5, 0.6) is 5.75 Å². The molecule has 0 unspecified atom stereocenters. The zero-order chi connectivity index (χ0) is 18.7. The van der Waals surface area contributed by atoms with E-state index in [4.69, 9.17) is 0 Å². The highest BCUT2D eigenvalue weighted by Crippen LogP contribution is 2.32. The predicted octanol–water partition coefficient (Wildman–Crippen LogP) is 3.76. The number of benzene rings is 1. The summed E-state index contributed by atoms with van der Waals surface area (Å²) in [6.45, 7) is 7.41. The fourth-order valence-electron chi connectivity index (χ4n) is 4.39. The van der Waals surface area contributed by atoms with E-state index in [2.05, 4.69) is 31.4 Å². The van der Waals surface area contributed by atoms with Gasteiger partial charge in [-0.3, -0.25) is 4.79 Å². The molecular weight excluding hydrogens is 324 g/mol. The first-order valence-electron chi connectivity index (χ1n) is 10.3. The van der Waals surface area contributed by atoms with Crippen molar-refractivity contribution in [2.45, 2.75) is 77.9 Å². The Hall–Kier alpha value is -1.55. The molecule has 0 aromatic heterocycles. The summed E-state index contributed by atoms with van der Waals surface area (Å²) in [5.41, 5.74) is 2.25. The Morgan fingerprint density at radius 1 is 1.23 bits per heavy atom. The van der Waals surface area contributed by atoms with E-state index in [1.54, 1.807) is 12.1 Å². The Balaban J connectivity index is 1.57. The summed E-state index contributed by atoms with van der Waals surface area (Å²) in [7, 11) is 0. The normalized spacial score (nSPS) is 27.0. The molecule has 144 valence electrons. The molecule has 4 nitrogen and oxygen atoms in total. The van der Waals surface area contributed by atoms with Gasteiger partial charge in [-0.05, 0) is 53.9 Å². The van der Waals surface area contributed by atoms with E-state index >= 15 is 0 Å². The Morgan fingerprint density at radius 2 is 1.96 bits per heavy atom. The maximum atomic E-state index is 12.9. The quantitative estimate of drug-likeness (QED) is 0.751. The number of nitrogens with one attached hydrogen (secondary N) is 2. The van der Waals surface area contributed by atoms with E-state index in [0.29, 0.717) is 18.9 Å². The van der Waals surface area contributed by atoms with Gasteiger partial charge in [-0.2, -0.15) is 0 Å². The van der Waals surface area contributed by atoms with Crippen LogP contribution in [0.1, 0.15) is 64.0 Å². The van der Waals surface area contributed by atoms with Crippen LogP contribution in [-0.2, 0) is 17.8 Å². The molecule has 1 aliphatic carbocycles. The van der Waals surface area contributed by atoms with Crippen LogP contribution in [0.2, 0.25) is 0 Å². The number of hydrogen-bond donors (Lipinski definition) is 3. The van der Waals surface area contributed by atoms with Crippen molar-refractivity contribution in [3.63, 3.8) is 0 Å². The first-order chi connectivity index (χ1) is 12.4. The molecule has 1 amide bonds. The number of rotatable bonds is 5. The summed E-state index contributed by atoms with van der Waals surface area (Å²) in [5.74, 6) is 2.47. The molecule has 1 fully saturated rings. The van der Waals surface area contributed by atoms with E-state index in [-0.39, 0.29) is 23.7 Å². The van der Waals surface area contributed by atoms with Crippen molar-refractivity contribution in [1.29, 1.82) is 0 Å². The van der Waals surface area contributed by atoms with E-state index in [1.165, 1.54) is 25.7 Å². The van der Waals surface area contributed by atoms with Gasteiger partial charge in [0.1, 0.15) is 5.75 Å². The lowest BCUT2D eigenvalue weighted by Gasteiger charge is -2.33. The minimum absolute atomic E-state index is 0.117. The minimum atomic E-state index is -0.181. The summed E-state index contributed by atoms with van der Waals surface area (Å²) in [5, 5.41) is 16.3. The molecule has 1 aromatic rings. The minimum Gasteiger partial charge on any atom is -0.508 e. The second-order valence-electron chi connectivity index (χ2n) is 8.81. The van der Waals surface area contributed by atoms with Crippen molar-refractivity contribution in [3.05, 3.63) is 29.3 Å². The van der Waals surface area contributed by atoms with Crippen LogP contribution in [0.4, 0.5) is 0 Å². The summed E-state index contributed by atoms with van der Waals surface area (Å²) in [6.07, 6.45) is 7.06. The van der Waals surface area contributed by atoms with Gasteiger partial charge < -0.3 is 15.7 Å². The number of carbonyl (C=O) groups excluding carboxylic acids is 1. The Bertz CT molecular complexity index is 621. The largest absolute Gasteiger partial charge is 0.508 e. The van der Waals surface area contributed by atoms with Gasteiger partial charge in [0.2, 0.25) is 5.91 Å². The summed E-state index contributed by atoms with van der Waals surface area (Å²) in [6, 6.07) is 5.51. The number of hydrogen-bond acceptors (Lipinski definition) is 3. The Kier molecular flexibility index (Phi) is 6.23. The van der Waals surface area contributed by atoms with E-state index in [9.17, 15) is 9.90 Å². The number of carbonyl (C=O) groups is 1. The van der Waals surface area contributed by atoms with E-state index in [1.807, 2.05) is 6.07 Å². The smallest absolute Gasteiger partial charge is 0.237 e. The van der Waals surface area contributed by atoms with Gasteiger partial charge in [0.05, 0.1) is 6.04 Å². The molecule has 3 rings (SSSR count). The highest BCUT2D eigenvalue weighted by Gasteiger charge is 2.29. The van der Waals surface area contributed by atoms with Gasteiger partial charge >= 0.3 is 0 Å². The third-order valence-corrected chi connectivity index (χ3v) is 6.32. The number of aromatic hydroxyl groups is 1. The van der Waals surface area contributed by atoms with Crippen molar-refractivity contribution in [1.82, 2.24) is 10.6 Å². The first kappa shape index (κ1) is 19.2. The molecule has 0 saturated heterocycles. The van der Waals surface area contributed by atoms with Crippen molar-refractivity contribution < 1.29 is 9.90 Å². The van der Waals surface area contributed by atoms with Gasteiger partial charge in [0.15, 0.2) is 0 Å². The third-order valence-electron chi connectivity index (χ3n) is 6.32. The Morgan fingerprint density at radius 3 is 2.65 bits per heavy atom. The highest BCUT2D eigenvalue weighted by molar-refractivity contribution is 5.82. The SMILES string of the molecule is CC1CCC(C[C@@H](NC(=O)[C@H]2Cc3ccc(O)cc3CN2)C(C)C)CC1. The molecule has 3 N–H and O–H groups in total. The maximum Gasteiger partial charge on any atom is 0.237 e. The fraction of sp³-hybridized carbons (Fsp3) is 0.682. The molecule has 1 aromatic carbocycles. The summed E-state index contributed by atoms with van der Waals surface area (Å²) in [4.78, 5) is 12.9. The van der Waals surface area contributed by atoms with Gasteiger partial charge in [-0.15, -0.1) is 0 Å². The molecule has 1 saturated carbocycles. The number of phenolic OH excluding ortho intramolecular Hbond substituents is 1. The number of fused-ring (bicyclic) bond motifs is 1. The third kappa shape index (κ3) is 4.79. The highest BCUT2D eigenvalue weighted by atomic mass is 16.3. The van der Waals surface area contributed by atoms with Crippen LogP contribution in [0.3, 0.4) is 0 Å². The van der Waals surface area contributed by atoms with Gasteiger partial charge in [-0.1, -0.05) is 52.5 Å². The number of phenols is 1. The molecule has 4 heteroatoms. The lowest BCUT2D eigenvalue weighted by molar-refractivity contribution is -0.124. The van der Waals surface area contributed by atoms with Crippen molar-refractivity contribution in [2.24, 2.45) is 17.8 Å². The standard InChI is InChI=1S/C22H34N2O2/c1-14(2)20(10-16-6-4-15(3)5-7-16)24-22(26)21-12-17-8-9-19(25)11-18(17)13-23-21/h8-9,11,14-16,20-21,23,25H,4-7,10,12-13H2,1-3H3,(H,24,26)/t15?,16?,20-,21-/m1/s1. The zero-order valence-electron chi connectivity index (χ0n) is 16.4. The predicted molar refractivity (Wildman–Crippen MR) is 105 cm³/mol. The zero-order valence-corrected chi connectivity index (χ0v) is 16.4. The molecular formula is C22H34N2O2. The summed E-state index contributed by atoms with van der Waals surface area (Å²) < 4.78 is 0. The topological polar surface area (TPSA) is 61.4 Å². The molecule has 26 heavy (non-hydrogen) atoms. The molecule has 2 atom stereocenters. The fourth-order valence-corrected chi connectivity index (χ4v) is 4.39. The maximum absolute atomic E-state index is 12.9. The molecule has 0 bridgehead atoms. The Labute approximate surface area is 157 Å². The van der Waals surface area contributed by atoms with Crippen molar-refractivity contribution in [3.8, 4) is 5.75 Å². The molecule has 2 aliphatic rings.